The summed E-state index contributed by atoms with van der Waals surface area (Å²) in [6.07, 6.45) is -5.62. The van der Waals surface area contributed by atoms with Crippen LogP contribution in [0.2, 0.25) is 0 Å². The SMILES string of the molecule is CC(C)C[C@H](NC(=O)[C@H](Cc1ccccc1)NC(=O)[C@H](Cc1ccccc1)NC(=O)[C@@H](N)CO)C(=O)N[C@@H](CCCN=C(N)N)C(=O)N[C@@H](CC(N)=O)C(=O)O.O=C(O)C(F)(F)F. The van der Waals surface area contributed by atoms with Crippen molar-refractivity contribution in [1.29, 1.82) is 0 Å². The maximum Gasteiger partial charge on any atom is 0.490 e. The Morgan fingerprint density at radius 3 is 1.44 bits per heavy atom. The molecule has 0 heterocycles. The number of primary amides is 1. The molecular weight excluding hydrogens is 841 g/mol. The predicted octanol–water partition coefficient (Wildman–Crippen LogP) is -2.09. The van der Waals surface area contributed by atoms with E-state index in [1.165, 1.54) is 0 Å². The zero-order chi connectivity index (χ0) is 47.9. The number of nitrogens with zero attached hydrogens (tertiary/aromatic N) is 1. The fraction of sp³-hybridized carbons (Fsp3) is 0.462. The molecule has 0 saturated carbocycles. The molecule has 0 unspecified atom stereocenters. The molecule has 0 saturated heterocycles. The molecule has 0 aliphatic carbocycles. The van der Waals surface area contributed by atoms with E-state index in [4.69, 9.17) is 32.8 Å². The van der Waals surface area contributed by atoms with Crippen LogP contribution in [-0.4, -0.2) is 124 Å². The van der Waals surface area contributed by atoms with Crippen LogP contribution < -0.4 is 49.5 Å². The van der Waals surface area contributed by atoms with Gasteiger partial charge in [0.1, 0.15) is 36.3 Å². The highest BCUT2D eigenvalue weighted by molar-refractivity contribution is 5.97. The first-order valence-electron chi connectivity index (χ1n) is 19.3. The number of aliphatic imine (C=N–C) groups is 1. The number of carbonyl (C=O) groups excluding carboxylic acids is 6. The molecular formula is C39H55F3N10O11. The number of nitrogens with two attached hydrogens (primary N) is 4. The van der Waals surface area contributed by atoms with Gasteiger partial charge in [0.15, 0.2) is 5.96 Å². The lowest BCUT2D eigenvalue weighted by Gasteiger charge is -2.28. The lowest BCUT2D eigenvalue weighted by Crippen LogP contribution is -2.60. The number of halogens is 3. The number of aliphatic carboxylic acids is 2. The van der Waals surface area contributed by atoms with Crippen LogP contribution >= 0.6 is 0 Å². The first-order chi connectivity index (χ1) is 29.4. The van der Waals surface area contributed by atoms with Crippen molar-refractivity contribution >= 4 is 53.3 Å². The molecule has 21 nitrogen and oxygen atoms in total. The molecule has 0 aliphatic rings. The van der Waals surface area contributed by atoms with Gasteiger partial charge >= 0.3 is 18.1 Å². The summed E-state index contributed by atoms with van der Waals surface area (Å²) in [4.78, 5) is 104. The topological polar surface area (TPSA) is 374 Å². The van der Waals surface area contributed by atoms with Crippen LogP contribution in [-0.2, 0) is 51.2 Å². The maximum absolute atomic E-state index is 14.1. The number of amides is 6. The molecule has 6 amide bonds. The average molecular weight is 897 g/mol. The van der Waals surface area contributed by atoms with E-state index in [0.717, 1.165) is 0 Å². The molecule has 0 aliphatic heterocycles. The molecule has 0 bridgehead atoms. The fourth-order valence-corrected chi connectivity index (χ4v) is 5.45. The predicted molar refractivity (Wildman–Crippen MR) is 220 cm³/mol. The molecule has 0 spiro atoms. The van der Waals surface area contributed by atoms with Gasteiger partial charge in [0.05, 0.1) is 13.0 Å². The van der Waals surface area contributed by atoms with Crippen LogP contribution in [0.15, 0.2) is 65.7 Å². The summed E-state index contributed by atoms with van der Waals surface area (Å²) >= 11 is 0. The Labute approximate surface area is 360 Å². The van der Waals surface area contributed by atoms with Gasteiger partial charge in [0.25, 0.3) is 0 Å². The number of guanidine groups is 1. The van der Waals surface area contributed by atoms with Crippen molar-refractivity contribution in [2.75, 3.05) is 13.2 Å². The van der Waals surface area contributed by atoms with Crippen LogP contribution in [0, 0.1) is 5.92 Å². The Bertz CT molecular complexity index is 1870. The Kier molecular flexibility index (Phi) is 23.4. The summed E-state index contributed by atoms with van der Waals surface area (Å²) in [6, 6.07) is 9.41. The molecule has 0 radical (unpaired) electrons. The first-order valence-corrected chi connectivity index (χ1v) is 19.3. The number of alkyl halides is 3. The third-order valence-electron chi connectivity index (χ3n) is 8.55. The molecule has 2 aromatic rings. The standard InChI is InChI=1S/C37H54N10O9.C2HF3O2/c1-21(2)16-26(33(52)43-25(14-9-15-42-37(40)41)32(51)47-29(36(55)56)19-30(39)49)45-35(54)28(18-23-12-7-4-8-13-23)46-34(53)27(44-31(50)24(38)20-48)17-22-10-5-3-6-11-22;3-2(4,5)1(6)7/h3-8,10-13,21,24-29,48H,9,14-20,38H2,1-2H3,(H2,39,49)(H,43,52)(H,44,50)(H,45,54)(H,46,53)(H,47,51)(H,55,56)(H4,40,41,42);(H,6,7)/t24-,25-,26-,27-,28-,29-;/m0./s1. The minimum absolute atomic E-state index is 0.0173. The van der Waals surface area contributed by atoms with Crippen molar-refractivity contribution in [3.05, 3.63) is 71.8 Å². The first kappa shape index (κ1) is 54.2. The van der Waals surface area contributed by atoms with Crippen molar-refractivity contribution < 1.29 is 66.8 Å². The Morgan fingerprint density at radius 2 is 1.05 bits per heavy atom. The van der Waals surface area contributed by atoms with Gasteiger partial charge in [-0.1, -0.05) is 74.5 Å². The number of carboxylic acids is 2. The lowest BCUT2D eigenvalue weighted by molar-refractivity contribution is -0.192. The zero-order valence-electron chi connectivity index (χ0n) is 34.5. The number of carboxylic acid groups (broad SMARTS) is 2. The normalized spacial score (nSPS) is 13.8. The second kappa shape index (κ2) is 27.2. The summed E-state index contributed by atoms with van der Waals surface area (Å²) in [5.74, 6) is -9.67. The Morgan fingerprint density at radius 1 is 0.651 bits per heavy atom. The molecule has 2 rings (SSSR count). The van der Waals surface area contributed by atoms with Gasteiger partial charge in [-0.25, -0.2) is 9.59 Å². The molecule has 2 aromatic carbocycles. The number of nitrogens with one attached hydrogen (secondary N) is 5. The van der Waals surface area contributed by atoms with E-state index in [-0.39, 0.29) is 50.5 Å². The molecule has 0 fully saturated rings. The second-order valence-corrected chi connectivity index (χ2v) is 14.4. The minimum Gasteiger partial charge on any atom is -0.480 e. The number of benzene rings is 2. The van der Waals surface area contributed by atoms with E-state index in [1.807, 2.05) is 0 Å². The van der Waals surface area contributed by atoms with Gasteiger partial charge in [-0.2, -0.15) is 13.2 Å². The highest BCUT2D eigenvalue weighted by atomic mass is 19.4. The van der Waals surface area contributed by atoms with Gasteiger partial charge in [-0.05, 0) is 36.3 Å². The molecule has 348 valence electrons. The quantitative estimate of drug-likeness (QED) is 0.0306. The lowest BCUT2D eigenvalue weighted by atomic mass is 9.99. The van der Waals surface area contributed by atoms with Crippen LogP contribution in [0.3, 0.4) is 0 Å². The summed E-state index contributed by atoms with van der Waals surface area (Å²) in [7, 11) is 0. The number of hydrogen-bond acceptors (Lipinski definition) is 11. The van der Waals surface area contributed by atoms with E-state index in [0.29, 0.717) is 11.1 Å². The maximum atomic E-state index is 14.1. The summed E-state index contributed by atoms with van der Waals surface area (Å²) in [5.41, 5.74) is 23.0. The number of rotatable bonds is 24. The number of aliphatic hydroxyl groups excluding tert-OH is 1. The van der Waals surface area contributed by atoms with Crippen LogP contribution in [0.25, 0.3) is 0 Å². The Hall–Kier alpha value is -6.82. The molecule has 6 atom stereocenters. The van der Waals surface area contributed by atoms with Crippen molar-refractivity contribution in [3.8, 4) is 0 Å². The van der Waals surface area contributed by atoms with Gasteiger partial charge in [0.2, 0.25) is 35.4 Å². The van der Waals surface area contributed by atoms with Crippen LogP contribution in [0.5, 0.6) is 0 Å². The largest absolute Gasteiger partial charge is 0.490 e. The van der Waals surface area contributed by atoms with Crippen LogP contribution in [0.4, 0.5) is 13.2 Å². The monoisotopic (exact) mass is 896 g/mol. The summed E-state index contributed by atoms with van der Waals surface area (Å²) in [5, 5.41) is 38.8. The smallest absolute Gasteiger partial charge is 0.480 e. The number of aliphatic hydroxyl groups is 1. The van der Waals surface area contributed by atoms with E-state index in [2.05, 4.69) is 31.6 Å². The number of carbonyl (C=O) groups is 8. The molecule has 24 heteroatoms. The van der Waals surface area contributed by atoms with E-state index < -0.39 is 103 Å². The van der Waals surface area contributed by atoms with Gasteiger partial charge < -0.3 is 64.8 Å². The Balaban J connectivity index is 0.00000260. The van der Waals surface area contributed by atoms with Gasteiger partial charge in [-0.3, -0.25) is 33.8 Å². The summed E-state index contributed by atoms with van der Waals surface area (Å²) in [6.45, 7) is 2.99. The minimum atomic E-state index is -5.08. The van der Waals surface area contributed by atoms with Crippen molar-refractivity contribution in [3.63, 3.8) is 0 Å². The van der Waals surface area contributed by atoms with E-state index >= 15 is 0 Å². The van der Waals surface area contributed by atoms with E-state index in [1.54, 1.807) is 74.5 Å². The summed E-state index contributed by atoms with van der Waals surface area (Å²) < 4.78 is 31.7. The highest BCUT2D eigenvalue weighted by Gasteiger charge is 2.38. The van der Waals surface area contributed by atoms with E-state index in [9.17, 15) is 56.9 Å². The van der Waals surface area contributed by atoms with Crippen molar-refractivity contribution in [1.82, 2.24) is 26.6 Å². The zero-order valence-corrected chi connectivity index (χ0v) is 34.5. The molecule has 16 N–H and O–H groups in total. The van der Waals surface area contributed by atoms with Crippen molar-refractivity contribution in [2.45, 2.75) is 94.8 Å². The average Bonchev–Trinajstić information content (AvgIpc) is 3.20. The highest BCUT2D eigenvalue weighted by Crippen LogP contribution is 2.14. The third kappa shape index (κ3) is 22.0. The second-order valence-electron chi connectivity index (χ2n) is 14.4. The molecule has 63 heavy (non-hydrogen) atoms. The molecule has 0 aromatic heterocycles. The fourth-order valence-electron chi connectivity index (χ4n) is 5.45. The van der Waals surface area contributed by atoms with Crippen molar-refractivity contribution in [2.24, 2.45) is 33.8 Å². The number of hydrogen-bond donors (Lipinski definition) is 12. The van der Waals surface area contributed by atoms with Gasteiger partial charge in [-0.15, -0.1) is 0 Å². The third-order valence-corrected chi connectivity index (χ3v) is 8.55. The van der Waals surface area contributed by atoms with Gasteiger partial charge in [0, 0.05) is 19.4 Å². The van der Waals surface area contributed by atoms with Crippen LogP contribution in [0.1, 0.15) is 50.7 Å².